The molecule has 0 fully saturated rings. The molecular formula is C37H74N4O3. The van der Waals surface area contributed by atoms with Gasteiger partial charge in [0.2, 0.25) is 17.7 Å². The molecule has 0 heterocycles. The molecule has 0 spiro atoms. The van der Waals surface area contributed by atoms with Gasteiger partial charge in [0.1, 0.15) is 6.04 Å². The lowest BCUT2D eigenvalue weighted by Crippen LogP contribution is -2.53. The third kappa shape index (κ3) is 30.4. The van der Waals surface area contributed by atoms with E-state index in [1.165, 1.54) is 135 Å². The summed E-state index contributed by atoms with van der Waals surface area (Å²) in [6.45, 7) is 5.30. The fourth-order valence-electron chi connectivity index (χ4n) is 5.71. The van der Waals surface area contributed by atoms with Crippen molar-refractivity contribution in [2.75, 3.05) is 19.6 Å². The van der Waals surface area contributed by atoms with Crippen molar-refractivity contribution in [2.24, 2.45) is 5.73 Å². The van der Waals surface area contributed by atoms with E-state index in [1.807, 2.05) is 0 Å². The van der Waals surface area contributed by atoms with E-state index in [2.05, 4.69) is 29.8 Å². The Balaban J connectivity index is 3.96. The molecule has 0 aromatic carbocycles. The first-order valence-corrected chi connectivity index (χ1v) is 19.1. The molecule has 7 heteroatoms. The van der Waals surface area contributed by atoms with Crippen LogP contribution >= 0.6 is 0 Å². The van der Waals surface area contributed by atoms with Crippen LogP contribution in [0.1, 0.15) is 194 Å². The van der Waals surface area contributed by atoms with Gasteiger partial charge in [-0.2, -0.15) is 0 Å². The van der Waals surface area contributed by atoms with Gasteiger partial charge in [0.05, 0.1) is 0 Å². The number of nitrogens with one attached hydrogen (secondary N) is 3. The molecule has 5 N–H and O–H groups in total. The minimum Gasteiger partial charge on any atom is -0.353 e. The van der Waals surface area contributed by atoms with Gasteiger partial charge >= 0.3 is 0 Å². The molecule has 0 unspecified atom stereocenters. The quantitative estimate of drug-likeness (QED) is 0.0538. The summed E-state index contributed by atoms with van der Waals surface area (Å²) in [5.41, 5.74) is 5.53. The molecule has 260 valence electrons. The molecule has 44 heavy (non-hydrogen) atoms. The number of carbonyl (C=O) groups excluding carboxylic acids is 3. The third-order valence-electron chi connectivity index (χ3n) is 8.61. The van der Waals surface area contributed by atoms with Crippen LogP contribution in [0.5, 0.6) is 0 Å². The maximum Gasteiger partial charge on any atom is 0.244 e. The lowest BCUT2D eigenvalue weighted by atomic mass is 10.0. The Hall–Kier alpha value is -1.63. The topological polar surface area (TPSA) is 113 Å². The van der Waals surface area contributed by atoms with Crippen LogP contribution in [-0.2, 0) is 14.4 Å². The van der Waals surface area contributed by atoms with Crippen LogP contribution in [-0.4, -0.2) is 43.4 Å². The van der Waals surface area contributed by atoms with Crippen molar-refractivity contribution in [1.29, 1.82) is 0 Å². The van der Waals surface area contributed by atoms with Crippen LogP contribution in [0.15, 0.2) is 0 Å². The summed E-state index contributed by atoms with van der Waals surface area (Å²) in [7, 11) is 0. The smallest absolute Gasteiger partial charge is 0.244 e. The molecule has 0 saturated heterocycles. The summed E-state index contributed by atoms with van der Waals surface area (Å²) in [4.78, 5) is 37.6. The van der Waals surface area contributed by atoms with Crippen molar-refractivity contribution in [2.45, 2.75) is 200 Å². The average Bonchev–Trinajstić information content (AvgIpc) is 3.02. The Bertz CT molecular complexity index is 659. The van der Waals surface area contributed by atoms with Crippen LogP contribution in [0.4, 0.5) is 0 Å². The molecule has 3 amide bonds. The molecule has 0 aromatic rings. The Morgan fingerprint density at radius 1 is 0.477 bits per heavy atom. The van der Waals surface area contributed by atoms with Crippen LogP contribution in [0, 0.1) is 0 Å². The van der Waals surface area contributed by atoms with Crippen LogP contribution in [0.25, 0.3) is 0 Å². The first-order chi connectivity index (χ1) is 21.5. The van der Waals surface area contributed by atoms with Crippen molar-refractivity contribution >= 4 is 17.7 Å². The minimum absolute atomic E-state index is 0.0598. The Kier molecular flexibility index (Phi) is 33.0. The molecule has 0 aliphatic carbocycles. The van der Waals surface area contributed by atoms with Gasteiger partial charge in [0.25, 0.3) is 0 Å². The summed E-state index contributed by atoms with van der Waals surface area (Å²) in [5.74, 6) is -0.488. The molecule has 1 atom stereocenters. The highest BCUT2D eigenvalue weighted by atomic mass is 16.2. The van der Waals surface area contributed by atoms with Crippen molar-refractivity contribution in [3.05, 3.63) is 0 Å². The second-order valence-corrected chi connectivity index (χ2v) is 13.0. The van der Waals surface area contributed by atoms with Gasteiger partial charge < -0.3 is 21.7 Å². The summed E-state index contributed by atoms with van der Waals surface area (Å²) in [6, 6.07) is -0.772. The van der Waals surface area contributed by atoms with Gasteiger partial charge in [-0.15, -0.1) is 0 Å². The molecule has 0 aliphatic rings. The number of hydrogen-bond donors (Lipinski definition) is 4. The highest BCUT2D eigenvalue weighted by molar-refractivity contribution is 5.88. The van der Waals surface area contributed by atoms with Gasteiger partial charge in [-0.25, -0.2) is 0 Å². The second kappa shape index (κ2) is 34.2. The highest BCUT2D eigenvalue weighted by Gasteiger charge is 2.21. The van der Waals surface area contributed by atoms with Gasteiger partial charge in [-0.1, -0.05) is 168 Å². The van der Waals surface area contributed by atoms with Gasteiger partial charge in [0.15, 0.2) is 0 Å². The number of nitrogens with two attached hydrogens (primary N) is 1. The van der Waals surface area contributed by atoms with E-state index in [0.29, 0.717) is 25.9 Å². The van der Waals surface area contributed by atoms with Gasteiger partial charge in [-0.3, -0.25) is 14.4 Å². The fraction of sp³-hybridized carbons (Fsp3) is 0.919. The molecule has 0 aromatic heterocycles. The van der Waals surface area contributed by atoms with Crippen LogP contribution < -0.4 is 21.7 Å². The van der Waals surface area contributed by atoms with Crippen molar-refractivity contribution in [3.63, 3.8) is 0 Å². The van der Waals surface area contributed by atoms with Gasteiger partial charge in [-0.05, 0) is 12.8 Å². The summed E-state index contributed by atoms with van der Waals surface area (Å²) in [6.07, 6.45) is 33.8. The SMILES string of the molecule is CCCCCCCCCCCCCCCC(=O)NC[C@H](NC(=O)CCCCCCCCCCCCCCC)C(=O)NCCN. The number of hydrogen-bond acceptors (Lipinski definition) is 4. The molecule has 0 bridgehead atoms. The van der Waals surface area contributed by atoms with Gasteiger partial charge in [0, 0.05) is 32.5 Å². The molecule has 0 rings (SSSR count). The van der Waals surface area contributed by atoms with E-state index in [4.69, 9.17) is 5.73 Å². The van der Waals surface area contributed by atoms with E-state index in [9.17, 15) is 14.4 Å². The standard InChI is InChI=1S/C37H74N4O3/c1-3-5-7-9-11-13-15-17-19-21-23-25-27-29-35(42)40-33-34(37(44)39-32-31-38)41-36(43)30-28-26-24-22-20-18-16-14-12-10-8-6-4-2/h34H,3-33,38H2,1-2H3,(H,39,44)(H,40,42)(H,41,43)/t34-/m0/s1. The van der Waals surface area contributed by atoms with E-state index >= 15 is 0 Å². The fourth-order valence-corrected chi connectivity index (χ4v) is 5.71. The number of carbonyl (C=O) groups is 3. The van der Waals surface area contributed by atoms with Crippen molar-refractivity contribution in [1.82, 2.24) is 16.0 Å². The molecular weight excluding hydrogens is 548 g/mol. The van der Waals surface area contributed by atoms with E-state index < -0.39 is 6.04 Å². The first kappa shape index (κ1) is 42.4. The summed E-state index contributed by atoms with van der Waals surface area (Å²) < 4.78 is 0. The zero-order valence-corrected chi connectivity index (χ0v) is 29.3. The zero-order valence-electron chi connectivity index (χ0n) is 29.3. The Morgan fingerprint density at radius 2 is 0.818 bits per heavy atom. The molecule has 7 nitrogen and oxygen atoms in total. The average molecular weight is 623 g/mol. The lowest BCUT2D eigenvalue weighted by Gasteiger charge is -2.19. The van der Waals surface area contributed by atoms with Crippen LogP contribution in [0.3, 0.4) is 0 Å². The predicted octanol–water partition coefficient (Wildman–Crippen LogP) is 8.62. The van der Waals surface area contributed by atoms with E-state index in [1.54, 1.807) is 0 Å². The zero-order chi connectivity index (χ0) is 32.4. The minimum atomic E-state index is -0.772. The largest absolute Gasteiger partial charge is 0.353 e. The maximum atomic E-state index is 12.6. The maximum absolute atomic E-state index is 12.6. The van der Waals surface area contributed by atoms with E-state index in [0.717, 1.165) is 32.1 Å². The molecule has 0 radical (unpaired) electrons. The first-order valence-electron chi connectivity index (χ1n) is 19.1. The molecule has 0 saturated carbocycles. The van der Waals surface area contributed by atoms with Crippen molar-refractivity contribution in [3.8, 4) is 0 Å². The summed E-state index contributed by atoms with van der Waals surface area (Å²) >= 11 is 0. The monoisotopic (exact) mass is 623 g/mol. The summed E-state index contributed by atoms with van der Waals surface area (Å²) in [5, 5.41) is 8.44. The number of unbranched alkanes of at least 4 members (excludes halogenated alkanes) is 24. The van der Waals surface area contributed by atoms with Crippen molar-refractivity contribution < 1.29 is 14.4 Å². The predicted molar refractivity (Wildman–Crippen MR) is 188 cm³/mol. The van der Waals surface area contributed by atoms with E-state index in [-0.39, 0.29) is 24.3 Å². The number of amides is 3. The Labute approximate surface area is 272 Å². The lowest BCUT2D eigenvalue weighted by molar-refractivity contribution is -0.129. The normalized spacial score (nSPS) is 11.8. The Morgan fingerprint density at radius 3 is 1.18 bits per heavy atom. The second-order valence-electron chi connectivity index (χ2n) is 13.0. The van der Waals surface area contributed by atoms with Crippen LogP contribution in [0.2, 0.25) is 0 Å². The highest BCUT2D eigenvalue weighted by Crippen LogP contribution is 2.14. The number of rotatable bonds is 34. The molecule has 0 aliphatic heterocycles. The third-order valence-corrected chi connectivity index (χ3v) is 8.61.